The summed E-state index contributed by atoms with van der Waals surface area (Å²) in [7, 11) is 0. The molecule has 6 heteroatoms. The third-order valence-corrected chi connectivity index (χ3v) is 2.10. The topological polar surface area (TPSA) is 89.3 Å². The predicted octanol–water partition coefficient (Wildman–Crippen LogP) is 1.39. The normalized spacial score (nSPS) is 10.9. The van der Waals surface area contributed by atoms with E-state index >= 15 is 0 Å². The molecule has 0 aliphatic rings. The monoisotopic (exact) mass is 266 g/mol. The fourth-order valence-corrected chi connectivity index (χ4v) is 1.35. The average Bonchev–Trinajstić information content (AvgIpc) is 2.29. The van der Waals surface area contributed by atoms with Crippen molar-refractivity contribution in [2.24, 2.45) is 0 Å². The number of amides is 1. The van der Waals surface area contributed by atoms with Gasteiger partial charge in [0, 0.05) is 6.54 Å². The van der Waals surface area contributed by atoms with E-state index < -0.39 is 0 Å². The van der Waals surface area contributed by atoms with Gasteiger partial charge in [-0.25, -0.2) is 0 Å². The molecule has 106 valence electrons. The zero-order valence-electron chi connectivity index (χ0n) is 11.9. The highest BCUT2D eigenvalue weighted by Gasteiger charge is 2.15. The van der Waals surface area contributed by atoms with Crippen LogP contribution in [0.15, 0.2) is 12.1 Å². The van der Waals surface area contributed by atoms with Gasteiger partial charge >= 0.3 is 0 Å². The van der Waals surface area contributed by atoms with Crippen LogP contribution < -0.4 is 21.1 Å². The third kappa shape index (κ3) is 5.46. The molecule has 0 unspecified atom stereocenters. The predicted molar refractivity (Wildman–Crippen MR) is 76.2 cm³/mol. The van der Waals surface area contributed by atoms with E-state index in [9.17, 15) is 4.79 Å². The van der Waals surface area contributed by atoms with E-state index in [1.807, 2.05) is 27.7 Å². The molecule has 19 heavy (non-hydrogen) atoms. The van der Waals surface area contributed by atoms with Crippen molar-refractivity contribution in [3.8, 4) is 5.88 Å². The first-order valence-electron chi connectivity index (χ1n) is 6.28. The second-order valence-electron chi connectivity index (χ2n) is 5.11. The van der Waals surface area contributed by atoms with Gasteiger partial charge in [0.2, 0.25) is 11.8 Å². The van der Waals surface area contributed by atoms with Gasteiger partial charge in [-0.1, -0.05) is 0 Å². The molecule has 4 N–H and O–H groups in total. The fourth-order valence-electron chi connectivity index (χ4n) is 1.35. The second-order valence-corrected chi connectivity index (χ2v) is 5.11. The molecule has 0 saturated carbocycles. The molecule has 0 aliphatic heterocycles. The van der Waals surface area contributed by atoms with E-state index in [-0.39, 0.29) is 18.1 Å². The highest BCUT2D eigenvalue weighted by molar-refractivity contribution is 5.80. The molecule has 0 radical (unpaired) electrons. The Morgan fingerprint density at radius 1 is 1.42 bits per heavy atom. The lowest BCUT2D eigenvalue weighted by molar-refractivity contribution is -0.119. The number of nitrogens with one attached hydrogen (secondary N) is 2. The molecule has 0 aromatic carbocycles. The van der Waals surface area contributed by atoms with Gasteiger partial charge in [-0.15, -0.1) is 0 Å². The number of anilines is 2. The Bertz CT molecular complexity index is 441. The maximum Gasteiger partial charge on any atom is 0.239 e. The smallest absolute Gasteiger partial charge is 0.239 e. The maximum absolute atomic E-state index is 11.3. The van der Waals surface area contributed by atoms with Crippen LogP contribution in [0.1, 0.15) is 27.7 Å². The van der Waals surface area contributed by atoms with Gasteiger partial charge in [-0.05, 0) is 39.8 Å². The molecule has 1 rings (SSSR count). The number of nitrogen functional groups attached to an aromatic ring is 1. The molecule has 0 bridgehead atoms. The van der Waals surface area contributed by atoms with Crippen molar-refractivity contribution in [2.45, 2.75) is 33.3 Å². The first kappa shape index (κ1) is 15.1. The minimum absolute atomic E-state index is 0.0839. The van der Waals surface area contributed by atoms with Crippen molar-refractivity contribution in [1.82, 2.24) is 10.3 Å². The van der Waals surface area contributed by atoms with Crippen LogP contribution in [0.25, 0.3) is 0 Å². The minimum atomic E-state index is -0.376. The van der Waals surface area contributed by atoms with Gasteiger partial charge < -0.3 is 21.1 Å². The number of hydrogen-bond donors (Lipinski definition) is 3. The van der Waals surface area contributed by atoms with E-state index in [0.29, 0.717) is 23.9 Å². The molecular formula is C13H22N4O2. The molecule has 0 aliphatic carbocycles. The molecule has 6 nitrogen and oxygen atoms in total. The van der Waals surface area contributed by atoms with Crippen LogP contribution in [0, 0.1) is 0 Å². The summed E-state index contributed by atoms with van der Waals surface area (Å²) >= 11 is 0. The van der Waals surface area contributed by atoms with Gasteiger partial charge in [0.25, 0.3) is 0 Å². The number of nitrogens with zero attached hydrogens (tertiary/aromatic N) is 1. The number of carbonyl (C=O) groups is 1. The Hall–Kier alpha value is -1.98. The number of ether oxygens (including phenoxy) is 1. The number of carbonyl (C=O) groups excluding carboxylic acids is 1. The lowest BCUT2D eigenvalue weighted by Crippen LogP contribution is -2.29. The Labute approximate surface area is 113 Å². The van der Waals surface area contributed by atoms with Crippen molar-refractivity contribution < 1.29 is 9.53 Å². The van der Waals surface area contributed by atoms with Crippen molar-refractivity contribution in [1.29, 1.82) is 0 Å². The number of rotatable bonds is 5. The highest BCUT2D eigenvalue weighted by atomic mass is 16.5. The van der Waals surface area contributed by atoms with E-state index in [1.54, 1.807) is 12.1 Å². The molecular weight excluding hydrogens is 244 g/mol. The summed E-state index contributed by atoms with van der Waals surface area (Å²) in [5.74, 6) is 0.840. The SMILES string of the molecule is CCNC(=O)CNc1ccc(N)c(OC(C)(C)C)n1. The number of nitrogens with two attached hydrogens (primary N) is 1. The van der Waals surface area contributed by atoms with Gasteiger partial charge in [0.15, 0.2) is 0 Å². The molecule has 0 fully saturated rings. The lowest BCUT2D eigenvalue weighted by Gasteiger charge is -2.21. The summed E-state index contributed by atoms with van der Waals surface area (Å²) in [6.07, 6.45) is 0. The summed E-state index contributed by atoms with van der Waals surface area (Å²) in [5, 5.41) is 5.62. The zero-order valence-corrected chi connectivity index (χ0v) is 11.9. The summed E-state index contributed by atoms with van der Waals surface area (Å²) in [6, 6.07) is 3.41. The van der Waals surface area contributed by atoms with Crippen LogP contribution in [-0.2, 0) is 4.79 Å². The minimum Gasteiger partial charge on any atom is -0.470 e. The Balaban J connectivity index is 2.71. The average molecular weight is 266 g/mol. The van der Waals surface area contributed by atoms with E-state index in [1.165, 1.54) is 0 Å². The summed E-state index contributed by atoms with van der Waals surface area (Å²) in [4.78, 5) is 15.6. The number of pyridine rings is 1. The second kappa shape index (κ2) is 6.26. The zero-order chi connectivity index (χ0) is 14.5. The quantitative estimate of drug-likeness (QED) is 0.749. The highest BCUT2D eigenvalue weighted by Crippen LogP contribution is 2.24. The van der Waals surface area contributed by atoms with Gasteiger partial charge in [-0.2, -0.15) is 4.98 Å². The summed E-state index contributed by atoms with van der Waals surface area (Å²) in [5.41, 5.74) is 5.90. The number of aromatic nitrogens is 1. The van der Waals surface area contributed by atoms with Crippen LogP contribution in [0.4, 0.5) is 11.5 Å². The van der Waals surface area contributed by atoms with Crippen LogP contribution in [0.2, 0.25) is 0 Å². The van der Waals surface area contributed by atoms with Crippen molar-refractivity contribution >= 4 is 17.4 Å². The molecule has 1 aromatic rings. The van der Waals surface area contributed by atoms with E-state index in [2.05, 4.69) is 15.6 Å². The van der Waals surface area contributed by atoms with Crippen molar-refractivity contribution in [2.75, 3.05) is 24.1 Å². The number of hydrogen-bond acceptors (Lipinski definition) is 5. The molecule has 0 saturated heterocycles. The van der Waals surface area contributed by atoms with Gasteiger partial charge in [0.05, 0.1) is 12.2 Å². The van der Waals surface area contributed by atoms with Crippen molar-refractivity contribution in [3.05, 3.63) is 12.1 Å². The first-order chi connectivity index (χ1) is 8.81. The standard InChI is InChI=1S/C13H22N4O2/c1-5-15-11(18)8-16-10-7-6-9(14)12(17-10)19-13(2,3)4/h6-7H,5,8,14H2,1-4H3,(H,15,18)(H,16,17). The van der Waals surface area contributed by atoms with Crippen molar-refractivity contribution in [3.63, 3.8) is 0 Å². The molecule has 0 atom stereocenters. The van der Waals surface area contributed by atoms with Crippen LogP contribution in [-0.4, -0.2) is 29.6 Å². The van der Waals surface area contributed by atoms with Crippen LogP contribution in [0.3, 0.4) is 0 Å². The van der Waals surface area contributed by atoms with E-state index in [4.69, 9.17) is 10.5 Å². The molecule has 1 amide bonds. The maximum atomic E-state index is 11.3. The fraction of sp³-hybridized carbons (Fsp3) is 0.538. The molecule has 1 heterocycles. The van der Waals surface area contributed by atoms with E-state index in [0.717, 1.165) is 0 Å². The number of likely N-dealkylation sites (N-methyl/N-ethyl adjacent to an activating group) is 1. The largest absolute Gasteiger partial charge is 0.470 e. The molecule has 0 spiro atoms. The summed E-state index contributed by atoms with van der Waals surface area (Å²) in [6.45, 7) is 8.40. The van der Waals surface area contributed by atoms with Crippen LogP contribution >= 0.6 is 0 Å². The lowest BCUT2D eigenvalue weighted by atomic mass is 10.2. The van der Waals surface area contributed by atoms with Gasteiger partial charge in [-0.3, -0.25) is 4.79 Å². The first-order valence-corrected chi connectivity index (χ1v) is 6.28. The Kier molecular flexibility index (Phi) is 4.97. The Morgan fingerprint density at radius 3 is 2.68 bits per heavy atom. The molecule has 1 aromatic heterocycles. The summed E-state index contributed by atoms with van der Waals surface area (Å²) < 4.78 is 5.65. The van der Waals surface area contributed by atoms with Crippen LogP contribution in [0.5, 0.6) is 5.88 Å². The Morgan fingerprint density at radius 2 is 2.11 bits per heavy atom. The van der Waals surface area contributed by atoms with Gasteiger partial charge in [0.1, 0.15) is 11.4 Å². The third-order valence-electron chi connectivity index (χ3n) is 2.10.